The van der Waals surface area contributed by atoms with Crippen LogP contribution in [0.1, 0.15) is 27.7 Å². The Balaban J connectivity index is 4.99. The van der Waals surface area contributed by atoms with E-state index >= 15 is 0 Å². The summed E-state index contributed by atoms with van der Waals surface area (Å²) in [5.41, 5.74) is -1.10. The summed E-state index contributed by atoms with van der Waals surface area (Å²) in [6.07, 6.45) is 0. The van der Waals surface area contributed by atoms with E-state index in [1.54, 1.807) is 27.7 Å². The van der Waals surface area contributed by atoms with Crippen LogP contribution < -0.4 is 0 Å². The molecule has 15 heavy (non-hydrogen) atoms. The Morgan fingerprint density at radius 3 is 1.87 bits per heavy atom. The minimum Gasteiger partial charge on any atom is -0.481 e. The zero-order valence-corrected chi connectivity index (χ0v) is 10.5. The molecule has 0 fully saturated rings. The molecule has 0 aromatic rings. The van der Waals surface area contributed by atoms with Crippen LogP contribution in [0.25, 0.3) is 0 Å². The summed E-state index contributed by atoms with van der Waals surface area (Å²) in [5.74, 6) is -1.44. The number of hydrogen-bond acceptors (Lipinski definition) is 4. The molecule has 0 amide bonds. The molecular weight excluding hydrogens is 219 g/mol. The first kappa shape index (κ1) is 14.6. The lowest BCUT2D eigenvalue weighted by atomic mass is 10.1. The van der Waals surface area contributed by atoms with Gasteiger partial charge < -0.3 is 14.2 Å². The average Bonchev–Trinajstić information content (AvgIpc) is 2.02. The van der Waals surface area contributed by atoms with Crippen LogP contribution in [0.2, 0.25) is 0 Å². The third-order valence-corrected chi connectivity index (χ3v) is 4.58. The highest BCUT2D eigenvalue weighted by Gasteiger charge is 2.43. The van der Waals surface area contributed by atoms with E-state index in [4.69, 9.17) is 14.2 Å². The first-order valence-corrected chi connectivity index (χ1v) is 6.61. The molecule has 1 atom stereocenters. The highest BCUT2D eigenvalue weighted by atomic mass is 31.2. The molecule has 1 N–H and O–H groups in total. The van der Waals surface area contributed by atoms with Crippen LogP contribution in [0.5, 0.6) is 0 Å². The highest BCUT2D eigenvalue weighted by Crippen LogP contribution is 2.55. The van der Waals surface area contributed by atoms with Crippen LogP contribution in [-0.4, -0.2) is 29.9 Å². The maximum absolute atomic E-state index is 12.2. The third-order valence-electron chi connectivity index (χ3n) is 1.84. The van der Waals surface area contributed by atoms with Crippen LogP contribution in [0.4, 0.5) is 0 Å². The van der Waals surface area contributed by atoms with Crippen molar-refractivity contribution in [3.63, 3.8) is 0 Å². The summed E-state index contributed by atoms with van der Waals surface area (Å²) in [4.78, 5) is 11.0. The lowest BCUT2D eigenvalue weighted by molar-refractivity contribution is -0.137. The Hall–Kier alpha value is -0.380. The van der Waals surface area contributed by atoms with E-state index < -0.39 is 19.2 Å². The highest BCUT2D eigenvalue weighted by molar-refractivity contribution is 7.55. The van der Waals surface area contributed by atoms with Crippen LogP contribution in [0, 0.1) is 5.92 Å². The van der Waals surface area contributed by atoms with Crippen molar-refractivity contribution >= 4 is 13.6 Å². The Labute approximate surface area is 90.3 Å². The molecule has 0 heterocycles. The zero-order chi connectivity index (χ0) is 12.1. The van der Waals surface area contributed by atoms with Crippen molar-refractivity contribution in [2.24, 2.45) is 5.92 Å². The van der Waals surface area contributed by atoms with Crippen LogP contribution in [0.15, 0.2) is 0 Å². The van der Waals surface area contributed by atoms with Crippen molar-refractivity contribution in [2.75, 3.05) is 13.2 Å². The average molecular weight is 238 g/mol. The van der Waals surface area contributed by atoms with E-state index in [2.05, 4.69) is 0 Å². The predicted molar refractivity (Wildman–Crippen MR) is 57.1 cm³/mol. The van der Waals surface area contributed by atoms with Gasteiger partial charge in [0.25, 0.3) is 0 Å². The first-order chi connectivity index (χ1) is 6.89. The van der Waals surface area contributed by atoms with Crippen molar-refractivity contribution in [1.82, 2.24) is 0 Å². The molecule has 0 aromatic heterocycles. The molecule has 0 aromatic carbocycles. The fourth-order valence-electron chi connectivity index (χ4n) is 1.34. The second-order valence-corrected chi connectivity index (χ2v) is 5.55. The number of rotatable bonds is 7. The Morgan fingerprint density at radius 2 is 1.67 bits per heavy atom. The number of hydrogen-bond donors (Lipinski definition) is 1. The summed E-state index contributed by atoms with van der Waals surface area (Å²) >= 11 is 0. The topological polar surface area (TPSA) is 72.8 Å². The fourth-order valence-corrected chi connectivity index (χ4v) is 3.46. The second kappa shape index (κ2) is 6.26. The third kappa shape index (κ3) is 3.93. The van der Waals surface area contributed by atoms with E-state index in [9.17, 15) is 9.36 Å². The summed E-state index contributed by atoms with van der Waals surface area (Å²) in [6, 6.07) is 0. The van der Waals surface area contributed by atoms with Gasteiger partial charge in [-0.05, 0) is 19.8 Å². The van der Waals surface area contributed by atoms with Crippen LogP contribution in [-0.2, 0) is 18.4 Å². The normalized spacial score (nSPS) is 14.2. The SMILES string of the molecule is CCOP(=O)(OCC)C(C(=O)O)C(C)C. The molecule has 0 aliphatic heterocycles. The minimum absolute atomic E-state index is 0.174. The van der Waals surface area contributed by atoms with E-state index in [1.807, 2.05) is 0 Å². The smallest absolute Gasteiger partial charge is 0.345 e. The summed E-state index contributed by atoms with van der Waals surface area (Å²) in [5, 5.41) is 9.00. The van der Waals surface area contributed by atoms with Gasteiger partial charge in [-0.3, -0.25) is 9.36 Å². The van der Waals surface area contributed by atoms with Gasteiger partial charge in [-0.2, -0.15) is 0 Å². The molecule has 0 saturated carbocycles. The molecule has 0 aliphatic rings. The summed E-state index contributed by atoms with van der Waals surface area (Å²) < 4.78 is 22.2. The molecule has 0 bridgehead atoms. The van der Waals surface area contributed by atoms with E-state index in [-0.39, 0.29) is 19.1 Å². The number of carbonyl (C=O) groups is 1. The molecule has 90 valence electrons. The summed E-state index contributed by atoms with van der Waals surface area (Å²) in [6.45, 7) is 7.03. The quantitative estimate of drug-likeness (QED) is 0.689. The monoisotopic (exact) mass is 238 g/mol. The van der Waals surface area contributed by atoms with Crippen molar-refractivity contribution < 1.29 is 23.5 Å². The lowest BCUT2D eigenvalue weighted by Gasteiger charge is -2.25. The van der Waals surface area contributed by atoms with E-state index in [1.165, 1.54) is 0 Å². The maximum Gasteiger partial charge on any atom is 0.345 e. The molecule has 0 saturated heterocycles. The Kier molecular flexibility index (Phi) is 6.10. The van der Waals surface area contributed by atoms with Gasteiger partial charge in [0.2, 0.25) is 0 Å². The van der Waals surface area contributed by atoms with Crippen LogP contribution in [0.3, 0.4) is 0 Å². The fraction of sp³-hybridized carbons (Fsp3) is 0.889. The maximum atomic E-state index is 12.2. The molecule has 6 heteroatoms. The standard InChI is InChI=1S/C9H19O5P/c1-5-13-15(12,14-6-2)8(7(3)4)9(10)11/h7-8H,5-6H2,1-4H3,(H,10,11). The predicted octanol–water partition coefficient (Wildman–Crippen LogP) is 2.36. The molecule has 0 radical (unpaired) electrons. The van der Waals surface area contributed by atoms with Crippen molar-refractivity contribution in [2.45, 2.75) is 33.4 Å². The second-order valence-electron chi connectivity index (χ2n) is 3.40. The van der Waals surface area contributed by atoms with Crippen molar-refractivity contribution in [3.8, 4) is 0 Å². The molecule has 0 aliphatic carbocycles. The Morgan fingerprint density at radius 1 is 1.27 bits per heavy atom. The first-order valence-electron chi connectivity index (χ1n) is 5.00. The molecule has 0 rings (SSSR count). The van der Waals surface area contributed by atoms with Gasteiger partial charge in [-0.25, -0.2) is 0 Å². The minimum atomic E-state index is -3.54. The van der Waals surface area contributed by atoms with Crippen molar-refractivity contribution in [1.29, 1.82) is 0 Å². The van der Waals surface area contributed by atoms with Crippen molar-refractivity contribution in [3.05, 3.63) is 0 Å². The van der Waals surface area contributed by atoms with Gasteiger partial charge in [0.1, 0.15) is 0 Å². The molecule has 5 nitrogen and oxygen atoms in total. The van der Waals surface area contributed by atoms with Gasteiger partial charge >= 0.3 is 13.6 Å². The van der Waals surface area contributed by atoms with Crippen LogP contribution >= 0.6 is 7.60 Å². The largest absolute Gasteiger partial charge is 0.481 e. The number of carboxylic acid groups (broad SMARTS) is 1. The van der Waals surface area contributed by atoms with E-state index in [0.29, 0.717) is 0 Å². The molecule has 0 spiro atoms. The molecular formula is C9H19O5P. The zero-order valence-electron chi connectivity index (χ0n) is 9.60. The van der Waals surface area contributed by atoms with Gasteiger partial charge in [0.15, 0.2) is 5.66 Å². The van der Waals surface area contributed by atoms with Gasteiger partial charge in [-0.1, -0.05) is 13.8 Å². The van der Waals surface area contributed by atoms with E-state index in [0.717, 1.165) is 0 Å². The number of aliphatic carboxylic acids is 1. The number of carboxylic acids is 1. The molecule has 1 unspecified atom stereocenters. The summed E-state index contributed by atoms with van der Waals surface area (Å²) in [7, 11) is -3.54. The lowest BCUT2D eigenvalue weighted by Crippen LogP contribution is -2.28. The van der Waals surface area contributed by atoms with Gasteiger partial charge in [0.05, 0.1) is 13.2 Å². The van der Waals surface area contributed by atoms with Gasteiger partial charge in [0, 0.05) is 0 Å². The van der Waals surface area contributed by atoms with Gasteiger partial charge in [-0.15, -0.1) is 0 Å². The Bertz CT molecular complexity index is 241.